The summed E-state index contributed by atoms with van der Waals surface area (Å²) < 4.78 is 0.156. The molecule has 0 bridgehead atoms. The average Bonchev–Trinajstić information content (AvgIpc) is 2.17. The van der Waals surface area contributed by atoms with Gasteiger partial charge in [-0.2, -0.15) is 0 Å². The van der Waals surface area contributed by atoms with Crippen LogP contribution in [-0.2, 0) is 4.79 Å². The van der Waals surface area contributed by atoms with Gasteiger partial charge in [-0.05, 0) is 0 Å². The second kappa shape index (κ2) is 4.31. The number of hydrogen-bond acceptors (Lipinski definition) is 2. The van der Waals surface area contributed by atoms with Gasteiger partial charge in [0.25, 0.3) is 0 Å². The number of carbonyl (C=O) groups is 2. The Morgan fingerprint density at radius 3 is 1.93 bits per heavy atom. The van der Waals surface area contributed by atoms with E-state index < -0.39 is 13.3 Å². The van der Waals surface area contributed by atoms with Gasteiger partial charge in [-0.1, -0.05) is 0 Å². The maximum atomic E-state index is 12.1. The fourth-order valence-electron chi connectivity index (χ4n) is 1.23. The van der Waals surface area contributed by atoms with Crippen LogP contribution in [0.3, 0.4) is 0 Å². The zero-order chi connectivity index (χ0) is 11.6. The first-order valence-corrected chi connectivity index (χ1v) is 11.3. The summed E-state index contributed by atoms with van der Waals surface area (Å²) in [6.07, 6.45) is 0. The molecule has 0 atom stereocenters. The molecule has 1 aromatic rings. The van der Waals surface area contributed by atoms with Crippen LogP contribution in [0.2, 0.25) is 11.5 Å². The SMILES string of the molecule is C[C](=O)[Ge]([CH3])([CH3])[C](=O)c1ccc(C)cc1. The molecule has 0 aliphatic heterocycles. The Balaban J connectivity index is 3.05. The van der Waals surface area contributed by atoms with Crippen LogP contribution in [0, 0.1) is 6.92 Å². The number of hydrogen-bond donors (Lipinski definition) is 0. The zero-order valence-electron chi connectivity index (χ0n) is 9.63. The summed E-state index contributed by atoms with van der Waals surface area (Å²) >= 11 is -2.94. The van der Waals surface area contributed by atoms with E-state index in [2.05, 4.69) is 0 Å². The molecule has 1 rings (SSSR count). The first kappa shape index (κ1) is 12.2. The van der Waals surface area contributed by atoms with Crippen LogP contribution in [0.4, 0.5) is 0 Å². The van der Waals surface area contributed by atoms with Gasteiger partial charge >= 0.3 is 92.8 Å². The Labute approximate surface area is 93.0 Å². The molecule has 15 heavy (non-hydrogen) atoms. The molecule has 0 aliphatic rings. The van der Waals surface area contributed by atoms with E-state index in [0.717, 1.165) is 5.56 Å². The van der Waals surface area contributed by atoms with Crippen molar-refractivity contribution in [2.24, 2.45) is 0 Å². The van der Waals surface area contributed by atoms with Gasteiger partial charge in [0.2, 0.25) is 0 Å². The zero-order valence-corrected chi connectivity index (χ0v) is 11.7. The van der Waals surface area contributed by atoms with E-state index >= 15 is 0 Å². The van der Waals surface area contributed by atoms with E-state index in [9.17, 15) is 9.59 Å². The van der Waals surface area contributed by atoms with E-state index in [-0.39, 0.29) is 9.23 Å². The molecule has 0 amide bonds. The van der Waals surface area contributed by atoms with Crippen LogP contribution >= 0.6 is 0 Å². The summed E-state index contributed by atoms with van der Waals surface area (Å²) in [6.45, 7) is 3.51. The number of carbonyl (C=O) groups excluding carboxylic acids is 2. The predicted molar refractivity (Wildman–Crippen MR) is 63.7 cm³/mol. The predicted octanol–water partition coefficient (Wildman–Crippen LogP) is 2.55. The van der Waals surface area contributed by atoms with E-state index in [0.29, 0.717) is 5.56 Å². The van der Waals surface area contributed by atoms with Gasteiger partial charge in [0, 0.05) is 0 Å². The quantitative estimate of drug-likeness (QED) is 0.787. The van der Waals surface area contributed by atoms with Crippen molar-refractivity contribution in [2.75, 3.05) is 0 Å². The number of aryl methyl sites for hydroxylation is 1. The monoisotopic (exact) mass is 266 g/mol. The summed E-state index contributed by atoms with van der Waals surface area (Å²) in [5.41, 5.74) is 1.81. The maximum absolute atomic E-state index is 12.1. The molecule has 80 valence electrons. The normalized spacial score (nSPS) is 11.2. The Kier molecular flexibility index (Phi) is 3.50. The third kappa shape index (κ3) is 2.56. The van der Waals surface area contributed by atoms with Gasteiger partial charge in [0.1, 0.15) is 0 Å². The van der Waals surface area contributed by atoms with Crippen LogP contribution < -0.4 is 0 Å². The van der Waals surface area contributed by atoms with Gasteiger partial charge in [-0.15, -0.1) is 0 Å². The molecule has 0 radical (unpaired) electrons. The summed E-state index contributed by atoms with van der Waals surface area (Å²) in [5, 5.41) is 0. The summed E-state index contributed by atoms with van der Waals surface area (Å²) in [6, 6.07) is 7.44. The van der Waals surface area contributed by atoms with Crippen molar-refractivity contribution in [2.45, 2.75) is 25.4 Å². The third-order valence-corrected chi connectivity index (χ3v) is 9.44. The molecule has 0 spiro atoms. The van der Waals surface area contributed by atoms with Crippen molar-refractivity contribution in [3.63, 3.8) is 0 Å². The van der Waals surface area contributed by atoms with E-state index in [4.69, 9.17) is 0 Å². The second-order valence-corrected chi connectivity index (χ2v) is 13.6. The Bertz CT molecular complexity index is 391. The topological polar surface area (TPSA) is 34.1 Å². The molecular weight excluding hydrogens is 249 g/mol. The molecule has 0 saturated carbocycles. The molecule has 1 aromatic carbocycles. The van der Waals surface area contributed by atoms with Crippen LogP contribution in [-0.4, -0.2) is 22.5 Å². The first-order chi connectivity index (χ1) is 6.85. The van der Waals surface area contributed by atoms with Crippen molar-refractivity contribution < 1.29 is 9.59 Å². The third-order valence-electron chi connectivity index (χ3n) is 2.76. The molecule has 0 N–H and O–H groups in total. The minimum absolute atomic E-state index is 0.0718. The fourth-order valence-corrected chi connectivity index (χ4v) is 3.76. The van der Waals surface area contributed by atoms with Crippen LogP contribution in [0.5, 0.6) is 0 Å². The van der Waals surface area contributed by atoms with E-state index in [1.54, 1.807) is 0 Å². The Morgan fingerprint density at radius 1 is 1.07 bits per heavy atom. The summed E-state index contributed by atoms with van der Waals surface area (Å²) in [4.78, 5) is 23.5. The van der Waals surface area contributed by atoms with Crippen molar-refractivity contribution in [1.82, 2.24) is 0 Å². The standard InChI is InChI=1S/C12H16GeO2/c1-9-5-7-11(8-6-9)12(15)13(3,4)10(2)14/h5-8H,1-4H3. The van der Waals surface area contributed by atoms with Crippen molar-refractivity contribution >= 4 is 22.5 Å². The van der Waals surface area contributed by atoms with Gasteiger partial charge in [-0.25, -0.2) is 0 Å². The second-order valence-electron chi connectivity index (χ2n) is 4.38. The first-order valence-electron chi connectivity index (χ1n) is 4.98. The van der Waals surface area contributed by atoms with Gasteiger partial charge < -0.3 is 0 Å². The molecule has 0 aromatic heterocycles. The van der Waals surface area contributed by atoms with Crippen molar-refractivity contribution in [3.05, 3.63) is 35.4 Å². The van der Waals surface area contributed by atoms with Gasteiger partial charge in [0.05, 0.1) is 0 Å². The van der Waals surface area contributed by atoms with Gasteiger partial charge in [0.15, 0.2) is 0 Å². The Morgan fingerprint density at radius 2 is 1.53 bits per heavy atom. The molecule has 0 aliphatic carbocycles. The summed E-state index contributed by atoms with van der Waals surface area (Å²) in [5.74, 6) is 3.70. The Hall–Kier alpha value is -0.897. The minimum atomic E-state index is -2.94. The van der Waals surface area contributed by atoms with E-state index in [1.807, 2.05) is 42.7 Å². The molecule has 0 unspecified atom stereocenters. The molecule has 2 nitrogen and oxygen atoms in total. The fraction of sp³-hybridized carbons (Fsp3) is 0.333. The summed E-state index contributed by atoms with van der Waals surface area (Å²) in [7, 11) is 0. The number of benzene rings is 1. The van der Waals surface area contributed by atoms with Crippen molar-refractivity contribution in [1.29, 1.82) is 0 Å². The molecular formula is C12H16GeO2. The van der Waals surface area contributed by atoms with Crippen LogP contribution in [0.1, 0.15) is 22.8 Å². The molecule has 0 saturated heterocycles. The van der Waals surface area contributed by atoms with Crippen LogP contribution in [0.25, 0.3) is 0 Å². The van der Waals surface area contributed by atoms with Crippen LogP contribution in [0.15, 0.2) is 24.3 Å². The average molecular weight is 265 g/mol. The van der Waals surface area contributed by atoms with E-state index in [1.165, 1.54) is 6.92 Å². The van der Waals surface area contributed by atoms with Gasteiger partial charge in [-0.3, -0.25) is 0 Å². The molecule has 3 heteroatoms. The molecule has 0 heterocycles. The molecule has 0 fully saturated rings. The van der Waals surface area contributed by atoms with Crippen molar-refractivity contribution in [3.8, 4) is 0 Å². The number of rotatable bonds is 3.